The van der Waals surface area contributed by atoms with E-state index in [0.717, 1.165) is 86.2 Å². The van der Waals surface area contributed by atoms with Gasteiger partial charge in [0.05, 0.1) is 34.9 Å². The molecule has 0 saturated carbocycles. The molecule has 0 spiro atoms. The molecule has 10 rings (SSSR count). The van der Waals surface area contributed by atoms with Gasteiger partial charge in [-0.25, -0.2) is 70.9 Å². The second-order valence-electron chi connectivity index (χ2n) is 21.2. The predicted octanol–water partition coefficient (Wildman–Crippen LogP) is 29.1. The molecule has 0 unspecified atom stereocenters. The molecular weight excluding hydrogens is 1470 g/mol. The van der Waals surface area contributed by atoms with Crippen LogP contribution in [0.1, 0.15) is 150 Å². The van der Waals surface area contributed by atoms with Crippen molar-refractivity contribution in [2.45, 2.75) is 165 Å². The minimum atomic E-state index is -3.41. The third-order valence-electron chi connectivity index (χ3n) is 11.7. The Balaban J connectivity index is -0.000000107. The highest BCUT2D eigenvalue weighted by atomic mass is 35.5. The number of aryl methyl sites for hydroxylation is 11. The molecule has 10 aromatic rings. The summed E-state index contributed by atoms with van der Waals surface area (Å²) < 4.78 is 172. The average Bonchev–Trinajstić information content (AvgIpc) is 0.871. The second kappa shape index (κ2) is 62.4. The van der Waals surface area contributed by atoms with Gasteiger partial charge in [0.1, 0.15) is 45.9 Å². The molecule has 8 nitrogen and oxygen atoms in total. The highest BCUT2D eigenvalue weighted by molar-refractivity contribution is 7.92. The molecule has 0 aliphatic rings. The van der Waals surface area contributed by atoms with Crippen LogP contribution in [-0.2, 0) is 14.8 Å². The van der Waals surface area contributed by atoms with E-state index in [4.69, 9.17) is 35.5 Å². The van der Waals surface area contributed by atoms with Gasteiger partial charge in [-0.05, 0) is 230 Å². The number of sulfonamides is 1. The van der Waals surface area contributed by atoms with Gasteiger partial charge >= 0.3 is 0 Å². The van der Waals surface area contributed by atoms with E-state index in [1.165, 1.54) is 80.6 Å². The number of nitrogens with two attached hydrogens (primary N) is 1. The van der Waals surface area contributed by atoms with Gasteiger partial charge < -0.3 is 11.1 Å². The number of hydrogen-bond donors (Lipinski definition) is 3. The Bertz CT molecular complexity index is 4060. The first-order valence-corrected chi connectivity index (χ1v) is 31.3. The molecule has 4 N–H and O–H groups in total. The first kappa shape index (κ1) is 122. The van der Waals surface area contributed by atoms with Crippen molar-refractivity contribution < 1.29 is 65.9 Å². The maximum absolute atomic E-state index is 13.0. The van der Waals surface area contributed by atoms with E-state index >= 15 is 0 Å². The van der Waals surface area contributed by atoms with Crippen molar-refractivity contribution in [3.05, 3.63) is 335 Å². The zero-order valence-electron chi connectivity index (χ0n) is 55.2. The van der Waals surface area contributed by atoms with Crippen LogP contribution in [0.2, 0.25) is 10.2 Å². The van der Waals surface area contributed by atoms with Crippen LogP contribution >= 0.6 is 23.2 Å². The number of nitrogens with zero attached hydrogens (tertiary/aromatic N) is 2. The van der Waals surface area contributed by atoms with Crippen LogP contribution in [0.25, 0.3) is 4.85 Å². The second-order valence-corrected chi connectivity index (χ2v) is 23.7. The first-order valence-electron chi connectivity index (χ1n) is 28.6. The molecule has 0 radical (unpaired) electrons. The number of carbonyl (C=O) groups excluding carboxylic acids is 1. The van der Waals surface area contributed by atoms with Crippen molar-refractivity contribution in [3.63, 3.8) is 0 Å². The number of nitrogens with one attached hydrogen (secondary N) is 2. The number of aromatic nitrogens is 1. The lowest BCUT2D eigenvalue weighted by Gasteiger charge is -2.05. The monoisotopic (exact) mass is 1590 g/mol. The van der Waals surface area contributed by atoms with Crippen LogP contribution in [0.15, 0.2) is 182 Å². The summed E-state index contributed by atoms with van der Waals surface area (Å²) in [4.78, 5) is 17.4. The summed E-state index contributed by atoms with van der Waals surface area (Å²) in [5.41, 5.74) is 15.5. The highest BCUT2D eigenvalue weighted by Gasteiger charge is 2.09. The molecule has 0 atom stereocenters. The molecule has 108 heavy (non-hydrogen) atoms. The van der Waals surface area contributed by atoms with Crippen LogP contribution in [0.4, 0.5) is 75.4 Å². The number of amides is 1. The molecule has 0 saturated heterocycles. The zero-order chi connectivity index (χ0) is 73.9. The van der Waals surface area contributed by atoms with Gasteiger partial charge in [-0.3, -0.25) is 9.52 Å². The van der Waals surface area contributed by atoms with Crippen molar-refractivity contribution in [1.29, 1.82) is 0 Å². The highest BCUT2D eigenvalue weighted by Crippen LogP contribution is 2.21. The van der Waals surface area contributed by atoms with E-state index in [1.54, 1.807) is 93.7 Å². The van der Waals surface area contributed by atoms with Crippen molar-refractivity contribution in [1.82, 2.24) is 4.98 Å². The Morgan fingerprint density at radius 1 is 0.389 bits per heavy atom. The summed E-state index contributed by atoms with van der Waals surface area (Å²) in [6.07, 6.45) is 2.67. The molecule has 1 aromatic heterocycles. The van der Waals surface area contributed by atoms with Gasteiger partial charge in [0.25, 0.3) is 0 Å². The lowest BCUT2D eigenvalue weighted by molar-refractivity contribution is -0.114. The largest absolute Gasteiger partial charge is 0.396 e. The van der Waals surface area contributed by atoms with Gasteiger partial charge in [-0.2, -0.15) is 0 Å². The number of nitrogen functional groups attached to an aromatic ring is 1. The number of benzene rings is 9. The molecule has 0 aliphatic carbocycles. The molecular formula is C85H117Cl2F12N5O3S. The van der Waals surface area contributed by atoms with E-state index in [0.29, 0.717) is 10.7 Å². The fourth-order valence-electron chi connectivity index (χ4n) is 6.92. The molecule has 0 fully saturated rings. The average molecular weight is 1590 g/mol. The number of hydrogen-bond acceptors (Lipinski definition) is 5. The van der Waals surface area contributed by atoms with Crippen molar-refractivity contribution in [2.75, 3.05) is 22.0 Å². The Labute approximate surface area is 650 Å². The number of pyridine rings is 1. The standard InChI is InChI=1S/C9H10FNO.C8H10FNO2S.C8H6FN.C8H9F.C7H6ClF.C7H5F3.C7H6F2.C7H8FN.C7H7F.C6H6ClN.11CH4/c1-6-3-4-8(10)9(5-6)11-7(2)12;1-6-3-4-7(9)8(5-6)10-13(2,11)12;1-6-3-4-7(9)8(5-6)10-2;1-6-3-4-8(9)7(2)5-6;1-5-2-3-7(9)6(8)4-5;1-4-2-5(8)7(10)6(9)3-4;2*1-5-2-3-6(8)7(9)4-5;1-6-2-4-7(8)5-3-6;1-5-2-3-8-6(7)4-5;;;;;;;;;;;/h3-5H,1-2H3,(H,11,12);3-5,10H,1-2H3;3-5H,1H3;3-5H,1-2H3;2-4H,1H3;2-3H,1H3;2-4H,1H3;2-4H,9H2,1H3;2-5H,1H3;2-4H,1H3;11*1H4. The van der Waals surface area contributed by atoms with Crippen LogP contribution in [0, 0.1) is 153 Å². The van der Waals surface area contributed by atoms with Crippen molar-refractivity contribution in [3.8, 4) is 0 Å². The quantitative estimate of drug-likeness (QED) is 0.0535. The third-order valence-corrected chi connectivity index (χ3v) is 12.8. The first-order chi connectivity index (χ1) is 45.2. The molecule has 0 aliphatic heterocycles. The Hall–Kier alpha value is -9.62. The molecule has 0 bridgehead atoms. The van der Waals surface area contributed by atoms with E-state index in [2.05, 4.69) is 19.9 Å². The summed E-state index contributed by atoms with van der Waals surface area (Å²) in [6.45, 7) is 27.9. The van der Waals surface area contributed by atoms with E-state index in [1.807, 2.05) is 66.7 Å². The lowest BCUT2D eigenvalue weighted by Crippen LogP contribution is -2.10. The molecule has 1 heterocycles. The summed E-state index contributed by atoms with van der Waals surface area (Å²) in [5, 5.41) is 3.15. The van der Waals surface area contributed by atoms with Gasteiger partial charge in [-0.15, -0.1) is 0 Å². The maximum atomic E-state index is 13.0. The van der Waals surface area contributed by atoms with Crippen LogP contribution in [0.3, 0.4) is 0 Å². The van der Waals surface area contributed by atoms with Crippen LogP contribution in [0.5, 0.6) is 0 Å². The molecule has 1 amide bonds. The fraction of sp³-hybridized carbons (Fsp3) is 0.282. The Morgan fingerprint density at radius 3 is 1.08 bits per heavy atom. The number of rotatable bonds is 3. The zero-order valence-corrected chi connectivity index (χ0v) is 57.5. The SMILES string of the molecule is C.C.C.C.C.C.C.C.C.C.C.CC(=O)Nc1cc(C)ccc1F.Cc1cc(F)c(F)c(F)c1.Cc1ccc(F)c(C)c1.Cc1ccc(F)c(Cl)c1.Cc1ccc(F)c(F)c1.Cc1ccc(F)c(N)c1.Cc1ccc(F)c(NS(C)(=O)=O)c1.Cc1ccc(F)cc1.Cc1ccnc(Cl)c1.[C-]#[N+]c1cc(C)ccc1F. The Morgan fingerprint density at radius 2 is 0.741 bits per heavy atom. The number of anilines is 3. The summed E-state index contributed by atoms with van der Waals surface area (Å²) >= 11 is 11.0. The van der Waals surface area contributed by atoms with Crippen molar-refractivity contribution in [2.24, 2.45) is 0 Å². The van der Waals surface area contributed by atoms with Crippen LogP contribution < -0.4 is 15.8 Å². The molecule has 23 heteroatoms. The minimum Gasteiger partial charge on any atom is -0.396 e. The molecule has 9 aromatic carbocycles. The molecule has 604 valence electrons. The number of carbonyl (C=O) groups is 1. The minimum absolute atomic E-state index is 0. The Kier molecular flexibility index (Phi) is 70.6. The van der Waals surface area contributed by atoms with Gasteiger partial charge in [0, 0.05) is 13.1 Å². The number of halogens is 14. The van der Waals surface area contributed by atoms with Gasteiger partial charge in [0.2, 0.25) is 21.6 Å². The summed E-state index contributed by atoms with van der Waals surface area (Å²) in [5.74, 6) is -7.96. The van der Waals surface area contributed by atoms with Gasteiger partial charge in [0.15, 0.2) is 29.1 Å². The summed E-state index contributed by atoms with van der Waals surface area (Å²) in [6, 6.07) is 43.5. The van der Waals surface area contributed by atoms with E-state index in [-0.39, 0.29) is 139 Å². The normalized spacial score (nSPS) is 8.76. The lowest BCUT2D eigenvalue weighted by atomic mass is 10.1. The van der Waals surface area contributed by atoms with Gasteiger partial charge in [-0.1, -0.05) is 188 Å². The maximum Gasteiger partial charge on any atom is 0.229 e. The van der Waals surface area contributed by atoms with Crippen molar-refractivity contribution >= 4 is 61.9 Å². The smallest absolute Gasteiger partial charge is 0.229 e. The fourth-order valence-corrected chi connectivity index (χ4v) is 7.94. The van der Waals surface area contributed by atoms with E-state index in [9.17, 15) is 65.9 Å². The third kappa shape index (κ3) is 53.2. The summed E-state index contributed by atoms with van der Waals surface area (Å²) in [7, 11) is -3.41. The van der Waals surface area contributed by atoms with E-state index < -0.39 is 56.6 Å². The predicted molar refractivity (Wildman–Crippen MR) is 441 cm³/mol. The topological polar surface area (TPSA) is 119 Å². The van der Waals surface area contributed by atoms with Crippen LogP contribution in [-0.4, -0.2) is 25.6 Å².